The number of hydrogen-bond donors (Lipinski definition) is 3. The number of benzene rings is 2. The summed E-state index contributed by atoms with van der Waals surface area (Å²) in [5.74, 6) is 0.498. The minimum absolute atomic E-state index is 0.0335. The third kappa shape index (κ3) is 5.54. The van der Waals surface area contributed by atoms with Gasteiger partial charge in [-0.1, -0.05) is 43.0 Å². The Morgan fingerprint density at radius 3 is 2.49 bits per heavy atom. The van der Waals surface area contributed by atoms with E-state index >= 15 is 0 Å². The van der Waals surface area contributed by atoms with Crippen molar-refractivity contribution in [2.45, 2.75) is 44.6 Å². The largest absolute Gasteiger partial charge is 0.349 e. The number of halogens is 1. The Morgan fingerprint density at radius 1 is 0.914 bits per heavy atom. The van der Waals surface area contributed by atoms with E-state index in [1.165, 1.54) is 19.3 Å². The summed E-state index contributed by atoms with van der Waals surface area (Å²) in [7, 11) is 0. The Morgan fingerprint density at radius 2 is 1.69 bits per heavy atom. The van der Waals surface area contributed by atoms with E-state index in [0.717, 1.165) is 35.3 Å². The Bertz CT molecular complexity index is 1350. The molecule has 1 saturated carbocycles. The highest BCUT2D eigenvalue weighted by Gasteiger charge is 2.17. The molecule has 1 fully saturated rings. The Labute approximate surface area is 209 Å². The second-order valence-corrected chi connectivity index (χ2v) is 9.41. The van der Waals surface area contributed by atoms with E-state index in [2.05, 4.69) is 15.6 Å². The summed E-state index contributed by atoms with van der Waals surface area (Å²) in [5, 5.41) is 6.69. The second kappa shape index (κ2) is 10.3. The molecule has 0 aliphatic heterocycles. The van der Waals surface area contributed by atoms with E-state index in [9.17, 15) is 9.59 Å². The minimum atomic E-state index is -0.191. The topological polar surface area (TPSA) is 86.9 Å². The Balaban J connectivity index is 1.27. The molecule has 2 amide bonds. The summed E-state index contributed by atoms with van der Waals surface area (Å²) in [6, 6.07) is 12.6. The lowest BCUT2D eigenvalue weighted by Crippen LogP contribution is -2.36. The summed E-state index contributed by atoms with van der Waals surface area (Å²) in [6.07, 6.45) is 14.2. The van der Waals surface area contributed by atoms with Gasteiger partial charge in [-0.3, -0.25) is 9.59 Å². The van der Waals surface area contributed by atoms with Crippen molar-refractivity contribution in [1.82, 2.24) is 20.6 Å². The number of H-pyrrole nitrogens is 1. The molecule has 2 aromatic carbocycles. The van der Waals surface area contributed by atoms with Gasteiger partial charge >= 0.3 is 0 Å². The van der Waals surface area contributed by atoms with Crippen LogP contribution in [0.1, 0.15) is 65.1 Å². The van der Waals surface area contributed by atoms with Gasteiger partial charge in [-0.05, 0) is 73.9 Å². The normalized spacial score (nSPS) is 16.4. The average Bonchev–Trinajstić information content (AvgIpc) is 3.16. The smallest absolute Gasteiger partial charge is 0.255 e. The summed E-state index contributed by atoms with van der Waals surface area (Å²) >= 11 is 5.91. The van der Waals surface area contributed by atoms with Crippen LogP contribution in [0, 0.1) is 0 Å². The van der Waals surface area contributed by atoms with E-state index in [4.69, 9.17) is 16.6 Å². The number of fused-ring (bicyclic) bond motifs is 1. The standard InChI is InChI=1S/C28H27ClN4O2/c29-21-13-9-19(10-14-21)27(34)31-23-8-4-5-18(11-15-23)26-32-24-16-12-20(17-25(24)33-26)28(35)30-22-6-2-1-3-7-22/h5,8-17,22H,1-4,6-7H2,(H,30,35)(H,31,34)(H,32,33). The Hall–Kier alpha value is -3.64. The van der Waals surface area contributed by atoms with Crippen LogP contribution in [0.4, 0.5) is 0 Å². The highest BCUT2D eigenvalue weighted by molar-refractivity contribution is 6.30. The molecule has 6 nitrogen and oxygen atoms in total. The van der Waals surface area contributed by atoms with Gasteiger partial charge in [0.05, 0.1) is 11.0 Å². The molecule has 1 heterocycles. The van der Waals surface area contributed by atoms with Gasteiger partial charge < -0.3 is 15.6 Å². The fourth-order valence-electron chi connectivity index (χ4n) is 4.50. The number of nitrogens with zero attached hydrogens (tertiary/aromatic N) is 1. The van der Waals surface area contributed by atoms with Gasteiger partial charge in [-0.2, -0.15) is 0 Å². The first-order valence-electron chi connectivity index (χ1n) is 12.0. The third-order valence-electron chi connectivity index (χ3n) is 6.44. The number of aromatic nitrogens is 2. The summed E-state index contributed by atoms with van der Waals surface area (Å²) < 4.78 is 0. The van der Waals surface area contributed by atoms with Crippen LogP contribution in [0.5, 0.6) is 0 Å². The fraction of sp³-hybridized carbons (Fsp3) is 0.250. The first-order valence-corrected chi connectivity index (χ1v) is 12.4. The van der Waals surface area contributed by atoms with Crippen LogP contribution >= 0.6 is 11.6 Å². The maximum Gasteiger partial charge on any atom is 0.255 e. The summed E-state index contributed by atoms with van der Waals surface area (Å²) in [6.45, 7) is 0. The van der Waals surface area contributed by atoms with Gasteiger partial charge in [-0.25, -0.2) is 4.98 Å². The number of imidazole rings is 1. The molecule has 1 aromatic heterocycles. The van der Waals surface area contributed by atoms with Gasteiger partial charge in [0, 0.05) is 33.5 Å². The van der Waals surface area contributed by atoms with Crippen molar-refractivity contribution in [3.63, 3.8) is 0 Å². The van der Waals surface area contributed by atoms with Gasteiger partial charge in [0.25, 0.3) is 11.8 Å². The molecule has 5 rings (SSSR count). The number of carbonyl (C=O) groups is 2. The number of allylic oxidation sites excluding steroid dienone is 5. The number of rotatable bonds is 5. The number of hydrogen-bond acceptors (Lipinski definition) is 3. The van der Waals surface area contributed by atoms with Crippen molar-refractivity contribution in [1.29, 1.82) is 0 Å². The number of aromatic amines is 1. The molecule has 178 valence electrons. The van der Waals surface area contributed by atoms with Crippen LogP contribution in [-0.2, 0) is 0 Å². The molecule has 35 heavy (non-hydrogen) atoms. The summed E-state index contributed by atoms with van der Waals surface area (Å²) in [4.78, 5) is 33.3. The van der Waals surface area contributed by atoms with Crippen LogP contribution in [0.15, 0.2) is 72.5 Å². The van der Waals surface area contributed by atoms with E-state index in [0.29, 0.717) is 28.3 Å². The highest BCUT2D eigenvalue weighted by Crippen LogP contribution is 2.23. The average molecular weight is 487 g/mol. The molecule has 0 spiro atoms. The molecule has 7 heteroatoms. The quantitative estimate of drug-likeness (QED) is 0.417. The monoisotopic (exact) mass is 486 g/mol. The van der Waals surface area contributed by atoms with Gasteiger partial charge in [0.1, 0.15) is 5.82 Å². The molecule has 0 saturated heterocycles. The van der Waals surface area contributed by atoms with Crippen molar-refractivity contribution in [3.8, 4) is 0 Å². The van der Waals surface area contributed by atoms with Crippen molar-refractivity contribution in [2.75, 3.05) is 0 Å². The molecule has 0 atom stereocenters. The molecule has 3 N–H and O–H groups in total. The van der Waals surface area contributed by atoms with Gasteiger partial charge in [0.2, 0.25) is 0 Å². The lowest BCUT2D eigenvalue weighted by molar-refractivity contribution is 0.0926. The molecule has 0 radical (unpaired) electrons. The third-order valence-corrected chi connectivity index (χ3v) is 6.69. The molecule has 0 unspecified atom stereocenters. The molecule has 2 aliphatic rings. The van der Waals surface area contributed by atoms with Crippen LogP contribution in [0.3, 0.4) is 0 Å². The highest BCUT2D eigenvalue weighted by atomic mass is 35.5. The zero-order valence-electron chi connectivity index (χ0n) is 19.3. The fourth-order valence-corrected chi connectivity index (χ4v) is 4.63. The van der Waals surface area contributed by atoms with Crippen molar-refractivity contribution in [2.24, 2.45) is 0 Å². The summed E-state index contributed by atoms with van der Waals surface area (Å²) in [5.41, 5.74) is 4.44. The van der Waals surface area contributed by atoms with Crippen LogP contribution in [0.2, 0.25) is 5.02 Å². The number of nitrogens with one attached hydrogen (secondary N) is 3. The van der Waals surface area contributed by atoms with Crippen molar-refractivity contribution >= 4 is 40.0 Å². The predicted molar refractivity (Wildman–Crippen MR) is 139 cm³/mol. The first kappa shape index (κ1) is 23.1. The SMILES string of the molecule is O=C(NC1=CCC=C(c2nc3ccc(C(=O)NC4CCCCC4)cc3[nH]2)C=C1)c1ccc(Cl)cc1. The lowest BCUT2D eigenvalue weighted by atomic mass is 9.95. The zero-order chi connectivity index (χ0) is 24.2. The van der Waals surface area contributed by atoms with E-state index < -0.39 is 0 Å². The molecule has 0 bridgehead atoms. The minimum Gasteiger partial charge on any atom is -0.349 e. The van der Waals surface area contributed by atoms with Gasteiger partial charge in [-0.15, -0.1) is 0 Å². The van der Waals surface area contributed by atoms with Crippen LogP contribution in [0.25, 0.3) is 16.6 Å². The van der Waals surface area contributed by atoms with Crippen molar-refractivity contribution in [3.05, 3.63) is 94.4 Å². The molecular formula is C28H27ClN4O2. The van der Waals surface area contributed by atoms with E-state index in [1.54, 1.807) is 24.3 Å². The molecule has 2 aliphatic carbocycles. The predicted octanol–water partition coefficient (Wildman–Crippen LogP) is 5.94. The number of amides is 2. The molecule has 3 aromatic rings. The maximum atomic E-state index is 12.7. The number of carbonyl (C=O) groups excluding carboxylic acids is 2. The molecular weight excluding hydrogens is 460 g/mol. The zero-order valence-corrected chi connectivity index (χ0v) is 20.1. The van der Waals surface area contributed by atoms with Crippen molar-refractivity contribution < 1.29 is 9.59 Å². The van der Waals surface area contributed by atoms with Crippen LogP contribution < -0.4 is 10.6 Å². The Kier molecular flexibility index (Phi) is 6.82. The first-order chi connectivity index (χ1) is 17.0. The lowest BCUT2D eigenvalue weighted by Gasteiger charge is -2.22. The maximum absolute atomic E-state index is 12.7. The second-order valence-electron chi connectivity index (χ2n) is 8.97. The van der Waals surface area contributed by atoms with E-state index in [-0.39, 0.29) is 17.9 Å². The van der Waals surface area contributed by atoms with Crippen LogP contribution in [-0.4, -0.2) is 27.8 Å². The van der Waals surface area contributed by atoms with Gasteiger partial charge in [0.15, 0.2) is 0 Å². The van der Waals surface area contributed by atoms with E-state index in [1.807, 2.05) is 42.5 Å².